The number of nitrogens with one attached hydrogen (secondary N) is 1. The molecule has 0 aliphatic carbocycles. The fourth-order valence-electron chi connectivity index (χ4n) is 3.25. The average molecular weight is 421 g/mol. The molecule has 1 amide bonds. The summed E-state index contributed by atoms with van der Waals surface area (Å²) in [6.45, 7) is 3.79. The maximum atomic E-state index is 12.5. The van der Waals surface area contributed by atoms with Crippen molar-refractivity contribution in [3.05, 3.63) is 70.2 Å². The molecule has 0 aliphatic rings. The van der Waals surface area contributed by atoms with Gasteiger partial charge in [0.05, 0.1) is 27.4 Å². The Bertz CT molecular complexity index is 1310. The second kappa shape index (κ2) is 7.78. The number of nitrogens with zero attached hydrogens (tertiary/aromatic N) is 3. The number of benzene rings is 2. The molecule has 2 aromatic heterocycles. The van der Waals surface area contributed by atoms with E-state index in [1.165, 1.54) is 11.8 Å². The van der Waals surface area contributed by atoms with Gasteiger partial charge in [0.15, 0.2) is 5.65 Å². The zero-order valence-electron chi connectivity index (χ0n) is 15.9. The molecule has 29 heavy (non-hydrogen) atoms. The van der Waals surface area contributed by atoms with E-state index >= 15 is 0 Å². The number of amides is 1. The highest BCUT2D eigenvalue weighted by Gasteiger charge is 2.16. The number of carbonyl (C=O) groups excluding carboxylic acids is 1. The van der Waals surface area contributed by atoms with Crippen molar-refractivity contribution in [1.82, 2.24) is 9.38 Å². The first-order valence-electron chi connectivity index (χ1n) is 8.97. The Balaban J connectivity index is 1.66. The summed E-state index contributed by atoms with van der Waals surface area (Å²) in [4.78, 5) is 17.2. The van der Waals surface area contributed by atoms with Crippen LogP contribution in [0.1, 0.15) is 16.7 Å². The van der Waals surface area contributed by atoms with Gasteiger partial charge in [-0.3, -0.25) is 9.20 Å². The van der Waals surface area contributed by atoms with Gasteiger partial charge in [0.1, 0.15) is 6.07 Å². The predicted molar refractivity (Wildman–Crippen MR) is 118 cm³/mol. The molecule has 0 unspecified atom stereocenters. The summed E-state index contributed by atoms with van der Waals surface area (Å²) in [6.07, 6.45) is 0. The molecule has 4 rings (SSSR count). The van der Waals surface area contributed by atoms with E-state index in [2.05, 4.69) is 16.4 Å². The number of imidazole rings is 1. The summed E-state index contributed by atoms with van der Waals surface area (Å²) in [7, 11) is 0. The second-order valence-corrected chi connectivity index (χ2v) is 8.14. The van der Waals surface area contributed by atoms with Gasteiger partial charge in [-0.25, -0.2) is 4.98 Å². The van der Waals surface area contributed by atoms with Crippen molar-refractivity contribution in [3.8, 4) is 6.07 Å². The van der Waals surface area contributed by atoms with Crippen molar-refractivity contribution in [2.24, 2.45) is 0 Å². The molecule has 0 saturated carbocycles. The molecule has 0 fully saturated rings. The lowest BCUT2D eigenvalue weighted by molar-refractivity contribution is -0.113. The van der Waals surface area contributed by atoms with Crippen LogP contribution in [0, 0.1) is 25.2 Å². The lowest BCUT2D eigenvalue weighted by Crippen LogP contribution is -2.15. The van der Waals surface area contributed by atoms with Crippen LogP contribution >= 0.6 is 23.4 Å². The first kappa shape index (κ1) is 19.3. The van der Waals surface area contributed by atoms with Crippen LogP contribution in [0.15, 0.2) is 53.6 Å². The Morgan fingerprint density at radius 3 is 2.76 bits per heavy atom. The lowest BCUT2D eigenvalue weighted by atomic mass is 10.2. The molecule has 1 N–H and O–H groups in total. The van der Waals surface area contributed by atoms with Gasteiger partial charge in [0.25, 0.3) is 0 Å². The number of fused-ring (bicyclic) bond motifs is 3. The summed E-state index contributed by atoms with van der Waals surface area (Å²) in [5.74, 6) is 0.120. The van der Waals surface area contributed by atoms with Gasteiger partial charge in [0, 0.05) is 10.7 Å². The first-order chi connectivity index (χ1) is 14.0. The number of para-hydroxylation sites is 2. The molecule has 0 aliphatic heterocycles. The Labute approximate surface area is 177 Å². The third kappa shape index (κ3) is 3.67. The summed E-state index contributed by atoms with van der Waals surface area (Å²) >= 11 is 7.39. The van der Waals surface area contributed by atoms with Gasteiger partial charge in [0.2, 0.25) is 5.91 Å². The minimum atomic E-state index is -0.111. The largest absolute Gasteiger partial charge is 0.325 e. The maximum absolute atomic E-state index is 12.5. The van der Waals surface area contributed by atoms with Crippen molar-refractivity contribution in [2.45, 2.75) is 18.9 Å². The van der Waals surface area contributed by atoms with Crippen LogP contribution in [0.2, 0.25) is 5.02 Å². The van der Waals surface area contributed by atoms with Gasteiger partial charge < -0.3 is 5.32 Å². The zero-order valence-corrected chi connectivity index (χ0v) is 17.4. The Morgan fingerprint density at radius 2 is 2.00 bits per heavy atom. The molecule has 2 heterocycles. The summed E-state index contributed by atoms with van der Waals surface area (Å²) in [5, 5.41) is 14.0. The number of pyridine rings is 1. The van der Waals surface area contributed by atoms with Crippen LogP contribution in [-0.2, 0) is 4.79 Å². The molecular weight excluding hydrogens is 404 g/mol. The molecule has 0 radical (unpaired) electrons. The normalized spacial score (nSPS) is 11.0. The first-order valence-corrected chi connectivity index (χ1v) is 10.3. The summed E-state index contributed by atoms with van der Waals surface area (Å²) < 4.78 is 1.95. The van der Waals surface area contributed by atoms with Crippen LogP contribution < -0.4 is 5.32 Å². The van der Waals surface area contributed by atoms with Crippen molar-refractivity contribution < 1.29 is 4.79 Å². The summed E-state index contributed by atoms with van der Waals surface area (Å²) in [5.41, 5.74) is 5.39. The smallest absolute Gasteiger partial charge is 0.234 e. The van der Waals surface area contributed by atoms with Crippen LogP contribution in [0.4, 0.5) is 5.69 Å². The van der Waals surface area contributed by atoms with E-state index in [9.17, 15) is 10.1 Å². The van der Waals surface area contributed by atoms with Gasteiger partial charge in [-0.05, 0) is 61.4 Å². The molecule has 0 saturated heterocycles. The van der Waals surface area contributed by atoms with Gasteiger partial charge in [-0.15, -0.1) is 0 Å². The highest BCUT2D eigenvalue weighted by atomic mass is 35.5. The molecule has 0 spiro atoms. The predicted octanol–water partition coefficient (Wildman–Crippen LogP) is 5.36. The monoisotopic (exact) mass is 420 g/mol. The number of rotatable bonds is 4. The highest BCUT2D eigenvalue weighted by Crippen LogP contribution is 2.29. The van der Waals surface area contributed by atoms with Gasteiger partial charge in [-0.1, -0.05) is 35.5 Å². The SMILES string of the molecule is Cc1cc(Cl)ccc1NC(=O)CSc1cc(C)c(C#N)c2nc3ccccc3n12. The maximum Gasteiger partial charge on any atom is 0.234 e. The number of anilines is 1. The number of thioether (sulfide) groups is 1. The van der Waals surface area contributed by atoms with Crippen molar-refractivity contribution in [2.75, 3.05) is 11.1 Å². The van der Waals surface area contributed by atoms with Crippen molar-refractivity contribution in [3.63, 3.8) is 0 Å². The van der Waals surface area contributed by atoms with Crippen LogP contribution in [0.25, 0.3) is 16.7 Å². The van der Waals surface area contributed by atoms with Crippen molar-refractivity contribution in [1.29, 1.82) is 5.26 Å². The van der Waals surface area contributed by atoms with Crippen LogP contribution in [-0.4, -0.2) is 21.0 Å². The second-order valence-electron chi connectivity index (χ2n) is 6.71. The van der Waals surface area contributed by atoms with Crippen LogP contribution in [0.3, 0.4) is 0 Å². The number of aromatic nitrogens is 2. The third-order valence-electron chi connectivity index (χ3n) is 4.66. The zero-order chi connectivity index (χ0) is 20.5. The van der Waals surface area contributed by atoms with E-state index < -0.39 is 0 Å². The van der Waals surface area contributed by atoms with Gasteiger partial charge >= 0.3 is 0 Å². The standard InChI is InChI=1S/C22H17ClN4OS/c1-13-10-21(29-12-20(28)25-17-8-7-15(23)9-14(17)2)27-19-6-4-3-5-18(19)26-22(27)16(13)11-24/h3-10H,12H2,1-2H3,(H,25,28). The van der Waals surface area contributed by atoms with E-state index in [1.807, 2.05) is 54.6 Å². The minimum Gasteiger partial charge on any atom is -0.325 e. The van der Waals surface area contributed by atoms with E-state index in [-0.39, 0.29) is 11.7 Å². The Hall–Kier alpha value is -3.01. The number of aryl methyl sites for hydroxylation is 2. The molecular formula is C22H17ClN4OS. The molecule has 0 atom stereocenters. The Morgan fingerprint density at radius 1 is 1.21 bits per heavy atom. The van der Waals surface area contributed by atoms with Gasteiger partial charge in [-0.2, -0.15) is 5.26 Å². The third-order valence-corrected chi connectivity index (χ3v) is 5.90. The molecule has 144 valence electrons. The Kier molecular flexibility index (Phi) is 5.18. The topological polar surface area (TPSA) is 70.2 Å². The molecule has 4 aromatic rings. The number of hydrogen-bond donors (Lipinski definition) is 1. The summed E-state index contributed by atoms with van der Waals surface area (Å²) in [6, 6.07) is 17.3. The molecule has 0 bridgehead atoms. The fraction of sp³-hybridized carbons (Fsp3) is 0.136. The number of nitriles is 1. The van der Waals surface area contributed by atoms with Crippen molar-refractivity contribution >= 4 is 51.6 Å². The number of hydrogen-bond acceptors (Lipinski definition) is 4. The quantitative estimate of drug-likeness (QED) is 0.451. The average Bonchev–Trinajstić information content (AvgIpc) is 3.08. The van der Waals surface area contributed by atoms with Crippen LogP contribution in [0.5, 0.6) is 0 Å². The molecule has 2 aromatic carbocycles. The van der Waals surface area contributed by atoms with E-state index in [0.29, 0.717) is 16.2 Å². The molecule has 5 nitrogen and oxygen atoms in total. The lowest BCUT2D eigenvalue weighted by Gasteiger charge is -2.11. The number of halogens is 1. The molecule has 7 heteroatoms. The van der Waals surface area contributed by atoms with E-state index in [0.717, 1.165) is 32.9 Å². The number of carbonyl (C=O) groups is 1. The van der Waals surface area contributed by atoms with E-state index in [1.54, 1.807) is 12.1 Å². The fourth-order valence-corrected chi connectivity index (χ4v) is 4.40. The highest BCUT2D eigenvalue weighted by molar-refractivity contribution is 7.99. The van der Waals surface area contributed by atoms with E-state index in [4.69, 9.17) is 11.6 Å². The minimum absolute atomic E-state index is 0.111.